The van der Waals surface area contributed by atoms with Crippen molar-refractivity contribution in [2.45, 2.75) is 13.3 Å². The minimum absolute atomic E-state index is 0.610. The van der Waals surface area contributed by atoms with Crippen LogP contribution < -0.4 is 15.4 Å². The van der Waals surface area contributed by atoms with Gasteiger partial charge in [0.1, 0.15) is 11.6 Å². The van der Waals surface area contributed by atoms with Crippen molar-refractivity contribution in [1.29, 1.82) is 0 Å². The molecule has 5 heteroatoms. The molecule has 2 aromatic rings. The third-order valence-electron chi connectivity index (χ3n) is 3.47. The van der Waals surface area contributed by atoms with Gasteiger partial charge in [0.15, 0.2) is 0 Å². The monoisotopic (exact) mass is 274 g/mol. The standard InChI is InChI=1S/C15H22N4O/c1-11-12(9-10-16)15(19(3)17-11)18(2)13-7-5-6-8-14(13)20-4/h5-8H,9-10,16H2,1-4H3. The zero-order valence-electron chi connectivity index (χ0n) is 12.6. The van der Waals surface area contributed by atoms with E-state index >= 15 is 0 Å². The maximum atomic E-state index is 5.72. The zero-order valence-corrected chi connectivity index (χ0v) is 12.6. The third kappa shape index (κ3) is 2.49. The summed E-state index contributed by atoms with van der Waals surface area (Å²) in [5, 5.41) is 4.51. The van der Waals surface area contributed by atoms with Crippen LogP contribution in [0.5, 0.6) is 5.75 Å². The van der Waals surface area contributed by atoms with E-state index in [1.165, 1.54) is 5.56 Å². The molecular weight excluding hydrogens is 252 g/mol. The molecule has 2 N–H and O–H groups in total. The molecule has 1 aromatic heterocycles. The fourth-order valence-electron chi connectivity index (χ4n) is 2.57. The van der Waals surface area contributed by atoms with Gasteiger partial charge in [0, 0.05) is 19.7 Å². The largest absolute Gasteiger partial charge is 0.495 e. The lowest BCUT2D eigenvalue weighted by atomic mass is 10.1. The highest BCUT2D eigenvalue weighted by Crippen LogP contribution is 2.34. The molecule has 20 heavy (non-hydrogen) atoms. The minimum Gasteiger partial charge on any atom is -0.495 e. The van der Waals surface area contributed by atoms with Crippen LogP contribution in [0.2, 0.25) is 0 Å². The van der Waals surface area contributed by atoms with Gasteiger partial charge in [-0.1, -0.05) is 12.1 Å². The molecule has 5 nitrogen and oxygen atoms in total. The van der Waals surface area contributed by atoms with Gasteiger partial charge >= 0.3 is 0 Å². The number of benzene rings is 1. The Kier molecular flexibility index (Phi) is 4.29. The van der Waals surface area contributed by atoms with Crippen LogP contribution in [0.25, 0.3) is 0 Å². The number of nitrogens with two attached hydrogens (primary N) is 1. The molecule has 0 aliphatic rings. The molecule has 0 radical (unpaired) electrons. The topological polar surface area (TPSA) is 56.3 Å². The molecule has 0 saturated carbocycles. The maximum Gasteiger partial charge on any atom is 0.142 e. The summed E-state index contributed by atoms with van der Waals surface area (Å²) >= 11 is 0. The van der Waals surface area contributed by atoms with Crippen molar-refractivity contribution >= 4 is 11.5 Å². The Bertz CT molecular complexity index is 592. The summed E-state index contributed by atoms with van der Waals surface area (Å²) in [4.78, 5) is 2.10. The first-order chi connectivity index (χ1) is 9.60. The van der Waals surface area contributed by atoms with Gasteiger partial charge in [0.25, 0.3) is 0 Å². The average molecular weight is 274 g/mol. The van der Waals surface area contributed by atoms with E-state index in [0.29, 0.717) is 6.54 Å². The quantitative estimate of drug-likeness (QED) is 0.906. The van der Waals surface area contributed by atoms with E-state index in [4.69, 9.17) is 10.5 Å². The molecule has 0 aliphatic heterocycles. The fourth-order valence-corrected chi connectivity index (χ4v) is 2.57. The number of hydrogen-bond acceptors (Lipinski definition) is 4. The van der Waals surface area contributed by atoms with Gasteiger partial charge in [-0.25, -0.2) is 0 Å². The Morgan fingerprint density at radius 3 is 2.70 bits per heavy atom. The summed E-state index contributed by atoms with van der Waals surface area (Å²) in [6.45, 7) is 2.63. The summed E-state index contributed by atoms with van der Waals surface area (Å²) in [6.07, 6.45) is 0.814. The SMILES string of the molecule is COc1ccccc1N(C)c1c(CCN)c(C)nn1C. The Morgan fingerprint density at radius 2 is 2.05 bits per heavy atom. The molecule has 1 aromatic carbocycles. The Hall–Kier alpha value is -2.01. The van der Waals surface area contributed by atoms with Crippen molar-refractivity contribution < 1.29 is 4.74 Å². The van der Waals surface area contributed by atoms with Crippen molar-refractivity contribution in [1.82, 2.24) is 9.78 Å². The highest BCUT2D eigenvalue weighted by Gasteiger charge is 2.19. The second-order valence-electron chi connectivity index (χ2n) is 4.78. The summed E-state index contributed by atoms with van der Waals surface area (Å²) in [5.74, 6) is 1.89. The van der Waals surface area contributed by atoms with E-state index in [-0.39, 0.29) is 0 Å². The van der Waals surface area contributed by atoms with Gasteiger partial charge in [-0.15, -0.1) is 0 Å². The van der Waals surface area contributed by atoms with Crippen LogP contribution in [-0.4, -0.2) is 30.5 Å². The lowest BCUT2D eigenvalue weighted by molar-refractivity contribution is 0.415. The predicted molar refractivity (Wildman–Crippen MR) is 81.8 cm³/mol. The number of para-hydroxylation sites is 2. The second-order valence-corrected chi connectivity index (χ2v) is 4.78. The number of rotatable bonds is 5. The smallest absolute Gasteiger partial charge is 0.142 e. The van der Waals surface area contributed by atoms with Gasteiger partial charge in [0.2, 0.25) is 0 Å². The number of anilines is 2. The molecule has 108 valence electrons. The van der Waals surface area contributed by atoms with E-state index < -0.39 is 0 Å². The highest BCUT2D eigenvalue weighted by molar-refractivity contribution is 5.69. The average Bonchev–Trinajstić information content (AvgIpc) is 2.73. The molecule has 0 bridgehead atoms. The van der Waals surface area contributed by atoms with Crippen molar-refractivity contribution in [3.8, 4) is 5.75 Å². The molecule has 0 atom stereocenters. The van der Waals surface area contributed by atoms with E-state index in [1.54, 1.807) is 7.11 Å². The van der Waals surface area contributed by atoms with E-state index in [9.17, 15) is 0 Å². The first-order valence-corrected chi connectivity index (χ1v) is 6.69. The van der Waals surface area contributed by atoms with Crippen LogP contribution in [0, 0.1) is 6.92 Å². The second kappa shape index (κ2) is 5.96. The van der Waals surface area contributed by atoms with Crippen LogP contribution >= 0.6 is 0 Å². The van der Waals surface area contributed by atoms with Gasteiger partial charge in [-0.05, 0) is 32.0 Å². The van der Waals surface area contributed by atoms with Crippen LogP contribution in [-0.2, 0) is 13.5 Å². The number of aromatic nitrogens is 2. The maximum absolute atomic E-state index is 5.72. The van der Waals surface area contributed by atoms with E-state index in [1.807, 2.05) is 50.0 Å². The lowest BCUT2D eigenvalue weighted by Crippen LogP contribution is -2.17. The minimum atomic E-state index is 0.610. The number of nitrogens with zero attached hydrogens (tertiary/aromatic N) is 3. The normalized spacial score (nSPS) is 10.7. The molecule has 0 amide bonds. The van der Waals surface area contributed by atoms with Crippen molar-refractivity contribution in [3.63, 3.8) is 0 Å². The Labute approximate surface area is 119 Å². The van der Waals surface area contributed by atoms with Crippen LogP contribution in [0.3, 0.4) is 0 Å². The van der Waals surface area contributed by atoms with Crippen molar-refractivity contribution in [2.24, 2.45) is 12.8 Å². The van der Waals surface area contributed by atoms with E-state index in [2.05, 4.69) is 10.00 Å². The molecule has 0 spiro atoms. The summed E-state index contributed by atoms with van der Waals surface area (Å²) in [5.41, 5.74) is 8.94. The number of methoxy groups -OCH3 is 1. The van der Waals surface area contributed by atoms with Gasteiger partial charge < -0.3 is 15.4 Å². The first-order valence-electron chi connectivity index (χ1n) is 6.69. The summed E-state index contributed by atoms with van der Waals surface area (Å²) < 4.78 is 7.33. The molecular formula is C15H22N4O. The molecule has 0 unspecified atom stereocenters. The molecule has 0 aliphatic carbocycles. The van der Waals surface area contributed by atoms with Crippen LogP contribution in [0.1, 0.15) is 11.3 Å². The number of hydrogen-bond donors (Lipinski definition) is 1. The van der Waals surface area contributed by atoms with Gasteiger partial charge in [-0.2, -0.15) is 5.10 Å². The third-order valence-corrected chi connectivity index (χ3v) is 3.47. The fraction of sp³-hybridized carbons (Fsp3) is 0.400. The van der Waals surface area contributed by atoms with Gasteiger partial charge in [0.05, 0.1) is 18.5 Å². The molecule has 1 heterocycles. The Balaban J connectivity index is 2.50. The lowest BCUT2D eigenvalue weighted by Gasteiger charge is -2.23. The highest BCUT2D eigenvalue weighted by atomic mass is 16.5. The molecule has 0 fully saturated rings. The van der Waals surface area contributed by atoms with Crippen molar-refractivity contribution in [2.75, 3.05) is 25.6 Å². The van der Waals surface area contributed by atoms with Crippen LogP contribution in [0.4, 0.5) is 11.5 Å². The van der Waals surface area contributed by atoms with Crippen LogP contribution in [0.15, 0.2) is 24.3 Å². The van der Waals surface area contributed by atoms with Crippen molar-refractivity contribution in [3.05, 3.63) is 35.5 Å². The predicted octanol–water partition coefficient (Wildman–Crippen LogP) is 2.01. The van der Waals surface area contributed by atoms with E-state index in [0.717, 1.165) is 29.4 Å². The molecule has 0 saturated heterocycles. The number of ether oxygens (including phenoxy) is 1. The Morgan fingerprint density at radius 1 is 1.35 bits per heavy atom. The van der Waals surface area contributed by atoms with Gasteiger partial charge in [-0.3, -0.25) is 4.68 Å². The molecule has 2 rings (SSSR count). The first kappa shape index (κ1) is 14.4. The number of aryl methyl sites for hydroxylation is 2. The summed E-state index contributed by atoms with van der Waals surface area (Å²) in [6, 6.07) is 7.96. The zero-order chi connectivity index (χ0) is 14.7. The summed E-state index contributed by atoms with van der Waals surface area (Å²) in [7, 11) is 5.66.